The number of methoxy groups -OCH3 is 1. The summed E-state index contributed by atoms with van der Waals surface area (Å²) in [6.07, 6.45) is 0.346. The van der Waals surface area contributed by atoms with E-state index >= 15 is 0 Å². The standard InChI is InChI=1S/C12H18N6O2/c1-3-10(19)16-8-5-4-7(20-2)6-9(8)17-12(15)18-11(13)14/h4-6H,3H2,1-2H3,(H,16,19)(H6,13,14,15,17,18). The Morgan fingerprint density at radius 3 is 2.60 bits per heavy atom. The van der Waals surface area contributed by atoms with Crippen LogP contribution in [0.1, 0.15) is 13.3 Å². The van der Waals surface area contributed by atoms with Crippen molar-refractivity contribution in [2.24, 2.45) is 27.2 Å². The van der Waals surface area contributed by atoms with Gasteiger partial charge in [-0.05, 0) is 12.1 Å². The molecular weight excluding hydrogens is 260 g/mol. The fourth-order valence-corrected chi connectivity index (χ4v) is 1.36. The summed E-state index contributed by atoms with van der Waals surface area (Å²) >= 11 is 0. The van der Waals surface area contributed by atoms with Gasteiger partial charge in [0.05, 0.1) is 18.5 Å². The van der Waals surface area contributed by atoms with Crippen LogP contribution in [0.2, 0.25) is 0 Å². The van der Waals surface area contributed by atoms with Crippen molar-refractivity contribution < 1.29 is 9.53 Å². The van der Waals surface area contributed by atoms with Crippen LogP contribution in [0.25, 0.3) is 0 Å². The van der Waals surface area contributed by atoms with Crippen LogP contribution in [0.5, 0.6) is 5.75 Å². The highest BCUT2D eigenvalue weighted by Crippen LogP contribution is 2.29. The van der Waals surface area contributed by atoms with Crippen LogP contribution < -0.4 is 27.3 Å². The minimum absolute atomic E-state index is 0.120. The molecule has 1 amide bonds. The zero-order chi connectivity index (χ0) is 15.1. The molecule has 108 valence electrons. The molecule has 0 atom stereocenters. The van der Waals surface area contributed by atoms with Gasteiger partial charge in [0.2, 0.25) is 11.9 Å². The average Bonchev–Trinajstić information content (AvgIpc) is 2.39. The molecule has 0 aliphatic heterocycles. The molecule has 8 nitrogen and oxygen atoms in total. The summed E-state index contributed by atoms with van der Waals surface area (Å²) in [6, 6.07) is 4.97. The minimum Gasteiger partial charge on any atom is -0.497 e. The first-order valence-electron chi connectivity index (χ1n) is 5.88. The fraction of sp³-hybridized carbons (Fsp3) is 0.250. The lowest BCUT2D eigenvalue weighted by Gasteiger charge is -2.09. The number of anilines is 1. The molecule has 7 N–H and O–H groups in total. The molecule has 8 heteroatoms. The number of carbonyl (C=O) groups excluding carboxylic acids is 1. The third-order valence-corrected chi connectivity index (χ3v) is 2.28. The van der Waals surface area contributed by atoms with Crippen LogP contribution in [-0.2, 0) is 4.79 Å². The van der Waals surface area contributed by atoms with Crippen molar-refractivity contribution in [3.05, 3.63) is 18.2 Å². The van der Waals surface area contributed by atoms with Gasteiger partial charge in [-0.1, -0.05) is 6.92 Å². The third-order valence-electron chi connectivity index (χ3n) is 2.28. The van der Waals surface area contributed by atoms with E-state index in [1.54, 1.807) is 25.1 Å². The molecule has 0 fully saturated rings. The summed E-state index contributed by atoms with van der Waals surface area (Å²) in [7, 11) is 1.52. The van der Waals surface area contributed by atoms with Crippen molar-refractivity contribution in [1.82, 2.24) is 0 Å². The van der Waals surface area contributed by atoms with Gasteiger partial charge in [-0.3, -0.25) is 4.79 Å². The first kappa shape index (κ1) is 15.3. The molecule has 1 rings (SSSR count). The maximum absolute atomic E-state index is 11.5. The Bertz CT molecular complexity index is 549. The van der Waals surface area contributed by atoms with Crippen molar-refractivity contribution in [2.75, 3.05) is 12.4 Å². The number of hydrogen-bond acceptors (Lipinski definition) is 3. The highest BCUT2D eigenvalue weighted by Gasteiger charge is 2.07. The van der Waals surface area contributed by atoms with Gasteiger partial charge in [0, 0.05) is 12.5 Å². The molecule has 0 aliphatic rings. The largest absolute Gasteiger partial charge is 0.497 e. The summed E-state index contributed by atoms with van der Waals surface area (Å²) in [6.45, 7) is 1.75. The van der Waals surface area contributed by atoms with Crippen LogP contribution in [0.3, 0.4) is 0 Å². The molecule has 1 aromatic carbocycles. The molecule has 0 radical (unpaired) electrons. The maximum atomic E-state index is 11.5. The Labute approximate surface area is 116 Å². The van der Waals surface area contributed by atoms with Gasteiger partial charge in [0.25, 0.3) is 0 Å². The molecule has 0 saturated carbocycles. The molecule has 0 bridgehead atoms. The number of benzene rings is 1. The normalized spacial score (nSPS) is 10.8. The quantitative estimate of drug-likeness (QED) is 0.462. The zero-order valence-corrected chi connectivity index (χ0v) is 11.4. The van der Waals surface area contributed by atoms with Gasteiger partial charge in [-0.25, -0.2) is 4.99 Å². The zero-order valence-electron chi connectivity index (χ0n) is 11.4. The Hall–Kier alpha value is -2.77. The van der Waals surface area contributed by atoms with Crippen LogP contribution in [0.4, 0.5) is 11.4 Å². The van der Waals surface area contributed by atoms with Crippen molar-refractivity contribution >= 4 is 29.2 Å². The van der Waals surface area contributed by atoms with E-state index < -0.39 is 0 Å². The average molecular weight is 278 g/mol. The number of amides is 1. The number of rotatable bonds is 4. The Kier molecular flexibility index (Phi) is 5.33. The Balaban J connectivity index is 3.19. The van der Waals surface area contributed by atoms with Crippen LogP contribution >= 0.6 is 0 Å². The van der Waals surface area contributed by atoms with Gasteiger partial charge < -0.3 is 27.3 Å². The molecular formula is C12H18N6O2. The van der Waals surface area contributed by atoms with Crippen molar-refractivity contribution in [1.29, 1.82) is 0 Å². The number of aliphatic imine (C=N–C) groups is 2. The smallest absolute Gasteiger partial charge is 0.224 e. The first-order valence-corrected chi connectivity index (χ1v) is 5.88. The van der Waals surface area contributed by atoms with Crippen molar-refractivity contribution in [3.8, 4) is 5.75 Å². The molecule has 0 spiro atoms. The SMILES string of the molecule is CCC(=O)Nc1ccc(OC)cc1N=C(N)N=C(N)N. The van der Waals surface area contributed by atoms with E-state index in [0.29, 0.717) is 23.5 Å². The molecule has 0 saturated heterocycles. The summed E-state index contributed by atoms with van der Waals surface area (Å²) in [4.78, 5) is 19.1. The monoisotopic (exact) mass is 278 g/mol. The van der Waals surface area contributed by atoms with E-state index in [4.69, 9.17) is 21.9 Å². The first-order chi connectivity index (χ1) is 9.46. The molecule has 1 aromatic rings. The Morgan fingerprint density at radius 2 is 2.05 bits per heavy atom. The predicted molar refractivity (Wildman–Crippen MR) is 79.0 cm³/mol. The number of carbonyl (C=O) groups is 1. The fourth-order valence-electron chi connectivity index (χ4n) is 1.36. The van der Waals surface area contributed by atoms with Crippen LogP contribution in [0.15, 0.2) is 28.2 Å². The van der Waals surface area contributed by atoms with Gasteiger partial charge >= 0.3 is 0 Å². The highest BCUT2D eigenvalue weighted by molar-refractivity contribution is 5.97. The van der Waals surface area contributed by atoms with E-state index in [-0.39, 0.29) is 17.8 Å². The molecule has 20 heavy (non-hydrogen) atoms. The topological polar surface area (TPSA) is 141 Å². The Morgan fingerprint density at radius 1 is 1.35 bits per heavy atom. The molecule has 0 aliphatic carbocycles. The second kappa shape index (κ2) is 6.98. The number of hydrogen-bond donors (Lipinski definition) is 4. The van der Waals surface area contributed by atoms with Gasteiger partial charge in [0.1, 0.15) is 5.75 Å². The van der Waals surface area contributed by atoms with Crippen LogP contribution in [0, 0.1) is 0 Å². The van der Waals surface area contributed by atoms with Crippen LogP contribution in [-0.4, -0.2) is 24.9 Å². The number of nitrogens with two attached hydrogens (primary N) is 3. The van der Waals surface area contributed by atoms with Gasteiger partial charge in [-0.15, -0.1) is 0 Å². The maximum Gasteiger partial charge on any atom is 0.224 e. The predicted octanol–water partition coefficient (Wildman–Crippen LogP) is 0.263. The van der Waals surface area contributed by atoms with Gasteiger partial charge in [0.15, 0.2) is 5.96 Å². The number of nitrogens with one attached hydrogen (secondary N) is 1. The van der Waals surface area contributed by atoms with Crippen molar-refractivity contribution in [2.45, 2.75) is 13.3 Å². The highest BCUT2D eigenvalue weighted by atomic mass is 16.5. The molecule has 0 aromatic heterocycles. The molecule has 0 unspecified atom stereocenters. The molecule has 0 heterocycles. The summed E-state index contributed by atoms with van der Waals surface area (Å²) < 4.78 is 5.10. The van der Waals surface area contributed by atoms with E-state index in [2.05, 4.69) is 15.3 Å². The van der Waals surface area contributed by atoms with Crippen molar-refractivity contribution in [3.63, 3.8) is 0 Å². The van der Waals surface area contributed by atoms with E-state index in [1.165, 1.54) is 7.11 Å². The second-order valence-corrected chi connectivity index (χ2v) is 3.79. The van der Waals surface area contributed by atoms with E-state index in [0.717, 1.165) is 0 Å². The number of guanidine groups is 2. The minimum atomic E-state index is -0.201. The second-order valence-electron chi connectivity index (χ2n) is 3.79. The summed E-state index contributed by atoms with van der Waals surface area (Å²) in [5.41, 5.74) is 16.9. The van der Waals surface area contributed by atoms with E-state index in [1.807, 2.05) is 0 Å². The number of ether oxygens (including phenoxy) is 1. The summed E-state index contributed by atoms with van der Waals surface area (Å²) in [5, 5.41) is 2.70. The van der Waals surface area contributed by atoms with Gasteiger partial charge in [-0.2, -0.15) is 4.99 Å². The summed E-state index contributed by atoms with van der Waals surface area (Å²) in [5.74, 6) is 0.0984. The lowest BCUT2D eigenvalue weighted by Crippen LogP contribution is -2.26. The third kappa shape index (κ3) is 4.48. The lowest BCUT2D eigenvalue weighted by atomic mass is 10.2. The lowest BCUT2D eigenvalue weighted by molar-refractivity contribution is -0.115. The van der Waals surface area contributed by atoms with E-state index in [9.17, 15) is 4.79 Å². The number of nitrogens with zero attached hydrogens (tertiary/aromatic N) is 2.